The van der Waals surface area contributed by atoms with Crippen LogP contribution < -0.4 is 4.90 Å². The molecule has 152 valence electrons. The Labute approximate surface area is 173 Å². The van der Waals surface area contributed by atoms with Gasteiger partial charge in [0, 0.05) is 23.6 Å². The van der Waals surface area contributed by atoms with E-state index in [0.717, 1.165) is 22.1 Å². The maximum absolute atomic E-state index is 14.1. The second-order valence-electron chi connectivity index (χ2n) is 7.61. The number of fused-ring (bicyclic) bond motifs is 1. The lowest BCUT2D eigenvalue weighted by atomic mass is 9.69. The molecular formula is C24H20FNO4. The number of nitrogens with zero attached hydrogens (tertiary/aromatic N) is 1. The predicted molar refractivity (Wildman–Crippen MR) is 110 cm³/mol. The molecule has 4 rings (SSSR count). The quantitative estimate of drug-likeness (QED) is 0.674. The van der Waals surface area contributed by atoms with Crippen molar-refractivity contribution >= 4 is 17.5 Å². The van der Waals surface area contributed by atoms with Crippen molar-refractivity contribution in [3.05, 3.63) is 88.2 Å². The van der Waals surface area contributed by atoms with E-state index in [0.29, 0.717) is 5.56 Å². The summed E-state index contributed by atoms with van der Waals surface area (Å²) in [4.78, 5) is 27.2. The van der Waals surface area contributed by atoms with Gasteiger partial charge in [0.1, 0.15) is 22.7 Å². The number of aryl methyl sites for hydroxylation is 2. The second kappa shape index (κ2) is 6.69. The zero-order valence-electron chi connectivity index (χ0n) is 16.7. The molecule has 0 radical (unpaired) electrons. The van der Waals surface area contributed by atoms with Crippen LogP contribution in [0.4, 0.5) is 10.1 Å². The normalized spacial score (nSPS) is 14.7. The standard InChI is InChI=1S/C24H20FNO4/c1-13-4-7-18(21(28)10-13)24(19-8-5-14(2)11-22(19)29)17-9-6-16(25)12-20(17)26(15(3)27)23(24)30/h4-12,28-29H,1-3H3. The van der Waals surface area contributed by atoms with Crippen molar-refractivity contribution < 1.29 is 24.2 Å². The van der Waals surface area contributed by atoms with Crippen molar-refractivity contribution in [2.75, 3.05) is 4.90 Å². The van der Waals surface area contributed by atoms with Gasteiger partial charge < -0.3 is 10.2 Å². The largest absolute Gasteiger partial charge is 0.508 e. The predicted octanol–water partition coefficient (Wildman–Crippen LogP) is 4.08. The lowest BCUT2D eigenvalue weighted by Crippen LogP contribution is -2.44. The molecule has 1 heterocycles. The first-order chi connectivity index (χ1) is 14.2. The van der Waals surface area contributed by atoms with E-state index < -0.39 is 23.0 Å². The van der Waals surface area contributed by atoms with Crippen LogP contribution in [0.5, 0.6) is 11.5 Å². The van der Waals surface area contributed by atoms with Gasteiger partial charge in [0.05, 0.1) is 5.69 Å². The molecule has 0 atom stereocenters. The fraction of sp³-hybridized carbons (Fsp3) is 0.167. The molecule has 0 fully saturated rings. The SMILES string of the molecule is CC(=O)N1C(=O)C(c2ccc(C)cc2O)(c2ccc(C)cc2O)c2ccc(F)cc21. The zero-order valence-corrected chi connectivity index (χ0v) is 16.7. The molecule has 0 saturated carbocycles. The smallest absolute Gasteiger partial charge is 0.253 e. The minimum Gasteiger partial charge on any atom is -0.508 e. The molecule has 5 nitrogen and oxygen atoms in total. The summed E-state index contributed by atoms with van der Waals surface area (Å²) in [6.45, 7) is 4.80. The number of hydrogen-bond acceptors (Lipinski definition) is 4. The van der Waals surface area contributed by atoms with Crippen molar-refractivity contribution in [3.8, 4) is 11.5 Å². The Kier molecular flexibility index (Phi) is 4.38. The Morgan fingerprint density at radius 3 is 1.83 bits per heavy atom. The number of aromatic hydroxyl groups is 2. The molecule has 6 heteroatoms. The van der Waals surface area contributed by atoms with Crippen LogP contribution in [0.2, 0.25) is 0 Å². The van der Waals surface area contributed by atoms with E-state index in [9.17, 15) is 24.2 Å². The Balaban J connectivity index is 2.20. The van der Waals surface area contributed by atoms with Crippen LogP contribution in [0.15, 0.2) is 54.6 Å². The van der Waals surface area contributed by atoms with Gasteiger partial charge >= 0.3 is 0 Å². The lowest BCUT2D eigenvalue weighted by molar-refractivity contribution is -0.126. The van der Waals surface area contributed by atoms with Gasteiger partial charge in [-0.05, 0) is 49.2 Å². The summed E-state index contributed by atoms with van der Waals surface area (Å²) >= 11 is 0. The van der Waals surface area contributed by atoms with Crippen LogP contribution in [-0.2, 0) is 15.0 Å². The molecule has 3 aromatic carbocycles. The number of anilines is 1. The Morgan fingerprint density at radius 1 is 0.867 bits per heavy atom. The molecule has 0 bridgehead atoms. The van der Waals surface area contributed by atoms with Gasteiger partial charge in [-0.15, -0.1) is 0 Å². The van der Waals surface area contributed by atoms with E-state index in [2.05, 4.69) is 0 Å². The zero-order chi connectivity index (χ0) is 21.8. The Morgan fingerprint density at radius 2 is 1.37 bits per heavy atom. The fourth-order valence-corrected chi connectivity index (χ4v) is 4.30. The number of amides is 2. The summed E-state index contributed by atoms with van der Waals surface area (Å²) in [7, 11) is 0. The summed E-state index contributed by atoms with van der Waals surface area (Å²) < 4.78 is 14.1. The van der Waals surface area contributed by atoms with E-state index in [1.54, 1.807) is 38.1 Å². The minimum absolute atomic E-state index is 0.0902. The van der Waals surface area contributed by atoms with Crippen LogP contribution in [0.25, 0.3) is 0 Å². The van der Waals surface area contributed by atoms with Gasteiger partial charge in [0.25, 0.3) is 5.91 Å². The van der Waals surface area contributed by atoms with Crippen molar-refractivity contribution in [1.82, 2.24) is 0 Å². The first-order valence-corrected chi connectivity index (χ1v) is 9.43. The van der Waals surface area contributed by atoms with Crippen molar-refractivity contribution in [1.29, 1.82) is 0 Å². The number of carbonyl (C=O) groups is 2. The Bertz CT molecular complexity index is 1170. The van der Waals surface area contributed by atoms with E-state index in [1.807, 2.05) is 0 Å². The number of rotatable bonds is 2. The summed E-state index contributed by atoms with van der Waals surface area (Å²) in [6.07, 6.45) is 0. The average Bonchev–Trinajstić information content (AvgIpc) is 2.90. The molecular weight excluding hydrogens is 385 g/mol. The third kappa shape index (κ3) is 2.60. The number of carbonyl (C=O) groups excluding carboxylic acids is 2. The monoisotopic (exact) mass is 405 g/mol. The summed E-state index contributed by atoms with van der Waals surface area (Å²) in [5.41, 5.74) is 0.627. The van der Waals surface area contributed by atoms with Crippen LogP contribution in [0.3, 0.4) is 0 Å². The molecule has 3 aromatic rings. The third-order valence-corrected chi connectivity index (χ3v) is 5.56. The van der Waals surface area contributed by atoms with Crippen LogP contribution in [-0.4, -0.2) is 22.0 Å². The summed E-state index contributed by atoms with van der Waals surface area (Å²) in [5.74, 6) is -2.21. The number of phenols is 2. The van der Waals surface area contributed by atoms with E-state index in [-0.39, 0.29) is 28.3 Å². The summed E-state index contributed by atoms with van der Waals surface area (Å²) in [5, 5.41) is 21.7. The van der Waals surface area contributed by atoms with Gasteiger partial charge in [-0.2, -0.15) is 0 Å². The van der Waals surface area contributed by atoms with Crippen LogP contribution >= 0.6 is 0 Å². The maximum atomic E-state index is 14.1. The van der Waals surface area contributed by atoms with E-state index in [4.69, 9.17) is 0 Å². The molecule has 30 heavy (non-hydrogen) atoms. The first kappa shape index (κ1) is 19.6. The summed E-state index contributed by atoms with van der Waals surface area (Å²) in [6, 6.07) is 13.4. The number of hydrogen-bond donors (Lipinski definition) is 2. The molecule has 0 aliphatic carbocycles. The number of imide groups is 1. The van der Waals surface area contributed by atoms with E-state index >= 15 is 0 Å². The highest BCUT2D eigenvalue weighted by molar-refractivity contribution is 6.25. The molecule has 1 aliphatic heterocycles. The first-order valence-electron chi connectivity index (χ1n) is 9.43. The number of halogens is 1. The molecule has 0 saturated heterocycles. The average molecular weight is 405 g/mol. The molecule has 2 amide bonds. The third-order valence-electron chi connectivity index (χ3n) is 5.56. The van der Waals surface area contributed by atoms with Gasteiger partial charge in [0.2, 0.25) is 5.91 Å². The van der Waals surface area contributed by atoms with Gasteiger partial charge in [-0.1, -0.05) is 30.3 Å². The Hall–Kier alpha value is -3.67. The molecule has 0 spiro atoms. The second-order valence-corrected chi connectivity index (χ2v) is 7.61. The van der Waals surface area contributed by atoms with Crippen molar-refractivity contribution in [2.45, 2.75) is 26.2 Å². The van der Waals surface area contributed by atoms with Gasteiger partial charge in [0.15, 0.2) is 0 Å². The van der Waals surface area contributed by atoms with Crippen LogP contribution in [0.1, 0.15) is 34.7 Å². The molecule has 0 aromatic heterocycles. The molecule has 0 unspecified atom stereocenters. The van der Waals surface area contributed by atoms with Gasteiger partial charge in [-0.25, -0.2) is 9.29 Å². The number of benzene rings is 3. The highest BCUT2D eigenvalue weighted by atomic mass is 19.1. The lowest BCUT2D eigenvalue weighted by Gasteiger charge is -2.31. The highest BCUT2D eigenvalue weighted by Gasteiger charge is 2.57. The van der Waals surface area contributed by atoms with E-state index in [1.165, 1.54) is 31.2 Å². The molecule has 1 aliphatic rings. The number of phenolic OH excluding ortho intramolecular Hbond substituents is 2. The molecule has 2 N–H and O–H groups in total. The van der Waals surface area contributed by atoms with Gasteiger partial charge in [-0.3, -0.25) is 9.59 Å². The fourth-order valence-electron chi connectivity index (χ4n) is 4.30. The highest BCUT2D eigenvalue weighted by Crippen LogP contribution is 2.54. The van der Waals surface area contributed by atoms with Crippen LogP contribution in [0, 0.1) is 19.7 Å². The minimum atomic E-state index is -1.72. The van der Waals surface area contributed by atoms with Crippen molar-refractivity contribution in [2.24, 2.45) is 0 Å². The van der Waals surface area contributed by atoms with Crippen molar-refractivity contribution in [3.63, 3.8) is 0 Å². The topological polar surface area (TPSA) is 77.8 Å². The maximum Gasteiger partial charge on any atom is 0.253 e.